The number of benzene rings is 1. The summed E-state index contributed by atoms with van der Waals surface area (Å²) in [5.41, 5.74) is -0.751. The van der Waals surface area contributed by atoms with E-state index in [-0.39, 0.29) is 16.0 Å². The minimum Gasteiger partial charge on any atom is -0.463 e. The molecule has 4 nitrogen and oxygen atoms in total. The second kappa shape index (κ2) is 5.54. The van der Waals surface area contributed by atoms with E-state index in [0.29, 0.717) is 0 Å². The lowest BCUT2D eigenvalue weighted by Gasteiger charge is -2.03. The van der Waals surface area contributed by atoms with E-state index in [4.69, 9.17) is 4.42 Å². The molecule has 0 amide bonds. The van der Waals surface area contributed by atoms with Crippen molar-refractivity contribution in [3.8, 4) is 0 Å². The van der Waals surface area contributed by atoms with Crippen molar-refractivity contribution in [2.75, 3.05) is 7.11 Å². The molecule has 2 rings (SSSR count). The van der Waals surface area contributed by atoms with Crippen LogP contribution >= 0.6 is 15.9 Å². The first-order valence-electron chi connectivity index (χ1n) is 5.31. The van der Waals surface area contributed by atoms with Gasteiger partial charge in [0.2, 0.25) is 11.5 Å². The van der Waals surface area contributed by atoms with E-state index < -0.39 is 29.0 Å². The number of esters is 1. The Hall–Kier alpha value is -2.02. The van der Waals surface area contributed by atoms with Crippen molar-refractivity contribution in [2.45, 2.75) is 0 Å². The number of hydrogen-bond acceptors (Lipinski definition) is 4. The maximum absolute atomic E-state index is 13.7. The minimum atomic E-state index is -1.03. The van der Waals surface area contributed by atoms with Gasteiger partial charge in [-0.05, 0) is 24.3 Å². The maximum Gasteiger partial charge on any atom is 0.373 e. The summed E-state index contributed by atoms with van der Waals surface area (Å²) in [5, 5.41) is 0. The lowest BCUT2D eigenvalue weighted by Crippen LogP contribution is -2.07. The van der Waals surface area contributed by atoms with E-state index in [1.165, 1.54) is 6.07 Å². The fourth-order valence-electron chi connectivity index (χ4n) is 1.55. The minimum absolute atomic E-state index is 0.166. The van der Waals surface area contributed by atoms with Gasteiger partial charge >= 0.3 is 5.97 Å². The summed E-state index contributed by atoms with van der Waals surface area (Å²) >= 11 is 2.91. The summed E-state index contributed by atoms with van der Waals surface area (Å²) in [4.78, 5) is 23.2. The third kappa shape index (κ3) is 2.62. The molecule has 1 aromatic heterocycles. The average molecular weight is 345 g/mol. The van der Waals surface area contributed by atoms with Crippen LogP contribution in [0.2, 0.25) is 0 Å². The molecule has 0 fully saturated rings. The molecular formula is C13H7BrF2O4. The van der Waals surface area contributed by atoms with E-state index in [1.807, 2.05) is 0 Å². The fraction of sp³-hybridized carbons (Fsp3) is 0.0769. The van der Waals surface area contributed by atoms with Crippen LogP contribution in [0.3, 0.4) is 0 Å². The van der Waals surface area contributed by atoms with Crippen LogP contribution in [0.25, 0.3) is 0 Å². The van der Waals surface area contributed by atoms with Crippen molar-refractivity contribution in [1.82, 2.24) is 0 Å². The number of methoxy groups -OCH3 is 1. The summed E-state index contributed by atoms with van der Waals surface area (Å²) < 4.78 is 36.8. The Bertz CT molecular complexity index is 670. The first kappa shape index (κ1) is 14.4. The van der Waals surface area contributed by atoms with Crippen LogP contribution in [0.1, 0.15) is 26.7 Å². The van der Waals surface area contributed by atoms with Gasteiger partial charge in [0.25, 0.3) is 0 Å². The van der Waals surface area contributed by atoms with Crippen molar-refractivity contribution in [2.24, 2.45) is 0 Å². The normalized spacial score (nSPS) is 10.4. The Kier molecular flexibility index (Phi) is 3.99. The van der Waals surface area contributed by atoms with E-state index >= 15 is 0 Å². The van der Waals surface area contributed by atoms with Crippen molar-refractivity contribution in [1.29, 1.82) is 0 Å². The van der Waals surface area contributed by atoms with Crippen LogP contribution in [0.5, 0.6) is 0 Å². The van der Waals surface area contributed by atoms with Crippen LogP contribution in [-0.4, -0.2) is 18.9 Å². The number of carbonyl (C=O) groups excluding carboxylic acids is 2. The molecule has 0 spiro atoms. The molecule has 0 aliphatic carbocycles. The van der Waals surface area contributed by atoms with Gasteiger partial charge in [-0.1, -0.05) is 15.9 Å². The number of rotatable bonds is 3. The smallest absolute Gasteiger partial charge is 0.373 e. The molecule has 104 valence electrons. The van der Waals surface area contributed by atoms with Gasteiger partial charge in [-0.25, -0.2) is 13.6 Å². The molecule has 0 aliphatic heterocycles. The highest BCUT2D eigenvalue weighted by molar-refractivity contribution is 9.10. The van der Waals surface area contributed by atoms with Gasteiger partial charge in [0.1, 0.15) is 11.6 Å². The lowest BCUT2D eigenvalue weighted by molar-refractivity contribution is 0.0563. The molecule has 0 aliphatic rings. The largest absolute Gasteiger partial charge is 0.463 e. The Balaban J connectivity index is 2.42. The van der Waals surface area contributed by atoms with Gasteiger partial charge in [0.05, 0.1) is 12.7 Å². The monoisotopic (exact) mass is 344 g/mol. The number of carbonyl (C=O) groups is 2. The van der Waals surface area contributed by atoms with Crippen molar-refractivity contribution < 1.29 is 27.5 Å². The Morgan fingerprint density at radius 1 is 1.15 bits per heavy atom. The molecular weight excluding hydrogens is 338 g/mol. The van der Waals surface area contributed by atoms with Crippen molar-refractivity contribution >= 4 is 27.7 Å². The first-order chi connectivity index (χ1) is 9.43. The Morgan fingerprint density at radius 3 is 2.25 bits per heavy atom. The van der Waals surface area contributed by atoms with E-state index in [0.717, 1.165) is 25.3 Å². The number of halogens is 3. The Labute approximate surface area is 120 Å². The highest BCUT2D eigenvalue weighted by Crippen LogP contribution is 2.23. The standard InChI is InChI=1S/C13H7BrF2O4/c1-19-13(18)10-3-2-9(20-10)12(17)11-7(15)4-6(14)5-8(11)16/h2-5H,1H3. The van der Waals surface area contributed by atoms with Crippen LogP contribution in [0.15, 0.2) is 33.2 Å². The van der Waals surface area contributed by atoms with E-state index in [9.17, 15) is 18.4 Å². The molecule has 20 heavy (non-hydrogen) atoms. The topological polar surface area (TPSA) is 56.5 Å². The second-order valence-corrected chi connectivity index (χ2v) is 4.64. The summed E-state index contributed by atoms with van der Waals surface area (Å²) in [5.74, 6) is -4.43. The summed E-state index contributed by atoms with van der Waals surface area (Å²) in [7, 11) is 1.14. The molecule has 0 saturated carbocycles. The third-order valence-corrected chi connectivity index (χ3v) is 2.91. The first-order valence-corrected chi connectivity index (χ1v) is 6.10. The fourth-order valence-corrected chi connectivity index (χ4v) is 1.95. The number of hydrogen-bond donors (Lipinski definition) is 0. The predicted molar refractivity (Wildman–Crippen MR) is 67.5 cm³/mol. The molecule has 0 saturated heterocycles. The maximum atomic E-state index is 13.7. The molecule has 1 heterocycles. The van der Waals surface area contributed by atoms with Gasteiger partial charge < -0.3 is 9.15 Å². The molecule has 1 aromatic carbocycles. The molecule has 0 atom stereocenters. The summed E-state index contributed by atoms with van der Waals surface area (Å²) in [6.07, 6.45) is 0. The van der Waals surface area contributed by atoms with Gasteiger partial charge in [0, 0.05) is 4.47 Å². The average Bonchev–Trinajstić information content (AvgIpc) is 2.86. The summed E-state index contributed by atoms with van der Waals surface area (Å²) in [6.45, 7) is 0. The number of ketones is 1. The Morgan fingerprint density at radius 2 is 1.70 bits per heavy atom. The zero-order chi connectivity index (χ0) is 14.9. The molecule has 0 radical (unpaired) electrons. The van der Waals surface area contributed by atoms with Gasteiger partial charge in [-0.3, -0.25) is 4.79 Å². The van der Waals surface area contributed by atoms with E-state index in [1.54, 1.807) is 0 Å². The van der Waals surface area contributed by atoms with Crippen LogP contribution in [0, 0.1) is 11.6 Å². The predicted octanol–water partition coefficient (Wildman–Crippen LogP) is 3.34. The highest BCUT2D eigenvalue weighted by atomic mass is 79.9. The SMILES string of the molecule is COC(=O)c1ccc(C(=O)c2c(F)cc(Br)cc2F)o1. The lowest BCUT2D eigenvalue weighted by atomic mass is 10.1. The van der Waals surface area contributed by atoms with Gasteiger partial charge in [0.15, 0.2) is 5.76 Å². The van der Waals surface area contributed by atoms with Crippen LogP contribution in [-0.2, 0) is 4.74 Å². The van der Waals surface area contributed by atoms with Gasteiger partial charge in [-0.15, -0.1) is 0 Å². The van der Waals surface area contributed by atoms with Gasteiger partial charge in [-0.2, -0.15) is 0 Å². The molecule has 0 unspecified atom stereocenters. The van der Waals surface area contributed by atoms with E-state index in [2.05, 4.69) is 20.7 Å². The molecule has 0 N–H and O–H groups in total. The highest BCUT2D eigenvalue weighted by Gasteiger charge is 2.24. The molecule has 2 aromatic rings. The number of furan rings is 1. The summed E-state index contributed by atoms with van der Waals surface area (Å²) in [6, 6.07) is 4.25. The van der Waals surface area contributed by atoms with Crippen LogP contribution in [0.4, 0.5) is 8.78 Å². The second-order valence-electron chi connectivity index (χ2n) is 3.73. The quantitative estimate of drug-likeness (QED) is 0.633. The van der Waals surface area contributed by atoms with Crippen molar-refractivity contribution in [3.63, 3.8) is 0 Å². The van der Waals surface area contributed by atoms with Crippen molar-refractivity contribution in [3.05, 3.63) is 57.5 Å². The zero-order valence-corrected chi connectivity index (χ0v) is 11.7. The van der Waals surface area contributed by atoms with Crippen LogP contribution < -0.4 is 0 Å². The molecule has 0 bridgehead atoms. The number of ether oxygens (including phenoxy) is 1. The molecule has 7 heteroatoms. The zero-order valence-electron chi connectivity index (χ0n) is 10.1. The third-order valence-electron chi connectivity index (χ3n) is 2.45.